The van der Waals surface area contributed by atoms with Crippen molar-refractivity contribution in [2.75, 3.05) is 19.5 Å². The van der Waals surface area contributed by atoms with Crippen LogP contribution < -0.4 is 10.5 Å². The van der Waals surface area contributed by atoms with Gasteiger partial charge in [0.15, 0.2) is 0 Å². The summed E-state index contributed by atoms with van der Waals surface area (Å²) < 4.78 is 10.5. The topological polar surface area (TPSA) is 68.3 Å². The highest BCUT2D eigenvalue weighted by molar-refractivity contribution is 5.53. The number of nitriles is 1. The average Bonchev–Trinajstić information content (AvgIpc) is 2.26. The first kappa shape index (κ1) is 11.3. The first-order chi connectivity index (χ1) is 7.17. The molecule has 0 spiro atoms. The van der Waals surface area contributed by atoms with Crippen LogP contribution in [0.2, 0.25) is 0 Å². The van der Waals surface area contributed by atoms with Crippen LogP contribution in [0, 0.1) is 11.3 Å². The number of nitrogens with two attached hydrogens (primary N) is 1. The number of nitrogen functional groups attached to an aromatic ring is 1. The number of rotatable bonds is 4. The maximum absolute atomic E-state index is 8.85. The maximum Gasteiger partial charge on any atom is 0.137 e. The molecule has 1 rings (SSSR count). The molecule has 0 saturated heterocycles. The van der Waals surface area contributed by atoms with Gasteiger partial charge in [0.2, 0.25) is 0 Å². The predicted molar refractivity (Wildman–Crippen MR) is 57.5 cm³/mol. The summed E-state index contributed by atoms with van der Waals surface area (Å²) in [5.41, 5.74) is 6.55. The quantitative estimate of drug-likeness (QED) is 0.759. The molecular formula is C11H14N2O2. The van der Waals surface area contributed by atoms with Gasteiger partial charge in [0.1, 0.15) is 18.4 Å². The summed E-state index contributed by atoms with van der Waals surface area (Å²) in [6, 6.07) is 7.02. The summed E-state index contributed by atoms with van der Waals surface area (Å²) in [7, 11) is 1.61. The number of nitrogens with zero attached hydrogens (tertiary/aromatic N) is 1. The Morgan fingerprint density at radius 1 is 1.53 bits per heavy atom. The lowest BCUT2D eigenvalue weighted by Gasteiger charge is -2.12. The van der Waals surface area contributed by atoms with E-state index in [2.05, 4.69) is 0 Å². The second-order valence-electron chi connectivity index (χ2n) is 3.22. The second-order valence-corrected chi connectivity index (χ2v) is 3.22. The number of hydrogen-bond donors (Lipinski definition) is 1. The van der Waals surface area contributed by atoms with E-state index in [1.807, 2.05) is 13.0 Å². The molecule has 1 aromatic carbocycles. The highest BCUT2D eigenvalue weighted by Crippen LogP contribution is 2.20. The molecule has 1 unspecified atom stereocenters. The van der Waals surface area contributed by atoms with Crippen molar-refractivity contribution in [2.24, 2.45) is 0 Å². The Balaban J connectivity index is 2.73. The molecule has 0 heterocycles. The minimum absolute atomic E-state index is 0.00547. The molecule has 0 amide bonds. The van der Waals surface area contributed by atoms with Gasteiger partial charge in [0, 0.05) is 12.8 Å². The van der Waals surface area contributed by atoms with Gasteiger partial charge in [-0.2, -0.15) is 5.26 Å². The molecule has 0 radical (unpaired) electrons. The molecule has 1 aromatic rings. The van der Waals surface area contributed by atoms with Crippen molar-refractivity contribution in [1.29, 1.82) is 5.26 Å². The predicted octanol–water partition coefficient (Wildman–Crippen LogP) is 1.55. The molecule has 4 heteroatoms. The van der Waals surface area contributed by atoms with Crippen LogP contribution in [0.1, 0.15) is 12.5 Å². The van der Waals surface area contributed by atoms with E-state index in [1.165, 1.54) is 0 Å². The molecule has 1 atom stereocenters. The smallest absolute Gasteiger partial charge is 0.137 e. The van der Waals surface area contributed by atoms with Crippen molar-refractivity contribution >= 4 is 5.69 Å². The van der Waals surface area contributed by atoms with Crippen LogP contribution in [-0.2, 0) is 4.74 Å². The monoisotopic (exact) mass is 206 g/mol. The lowest BCUT2D eigenvalue weighted by molar-refractivity contribution is 0.0716. The van der Waals surface area contributed by atoms with Gasteiger partial charge in [-0.1, -0.05) is 0 Å². The number of anilines is 1. The molecule has 0 aliphatic rings. The Morgan fingerprint density at radius 3 is 2.87 bits per heavy atom. The summed E-state index contributed by atoms with van der Waals surface area (Å²) >= 11 is 0. The van der Waals surface area contributed by atoms with Gasteiger partial charge in [-0.25, -0.2) is 0 Å². The van der Waals surface area contributed by atoms with E-state index in [0.29, 0.717) is 23.6 Å². The number of benzene rings is 1. The van der Waals surface area contributed by atoms with E-state index < -0.39 is 0 Å². The molecule has 15 heavy (non-hydrogen) atoms. The summed E-state index contributed by atoms with van der Waals surface area (Å²) in [5, 5.41) is 8.85. The van der Waals surface area contributed by atoms with Crippen LogP contribution in [0.25, 0.3) is 0 Å². The minimum atomic E-state index is -0.00547. The molecule has 0 bridgehead atoms. The molecule has 4 nitrogen and oxygen atoms in total. The number of methoxy groups -OCH3 is 1. The Bertz CT molecular complexity index is 371. The average molecular weight is 206 g/mol. The molecule has 0 saturated carbocycles. The van der Waals surface area contributed by atoms with Crippen LogP contribution in [0.4, 0.5) is 5.69 Å². The van der Waals surface area contributed by atoms with Crippen molar-refractivity contribution in [3.8, 4) is 11.8 Å². The van der Waals surface area contributed by atoms with Gasteiger partial charge in [0.25, 0.3) is 0 Å². The maximum atomic E-state index is 8.85. The van der Waals surface area contributed by atoms with E-state index in [-0.39, 0.29) is 6.10 Å². The first-order valence-corrected chi connectivity index (χ1v) is 4.62. The van der Waals surface area contributed by atoms with Crippen LogP contribution in [-0.4, -0.2) is 19.8 Å². The SMILES string of the molecule is COC(C)COc1ccc(N)cc1C#N. The van der Waals surface area contributed by atoms with Crippen LogP contribution in [0.3, 0.4) is 0 Å². The van der Waals surface area contributed by atoms with Crippen molar-refractivity contribution in [3.05, 3.63) is 23.8 Å². The Labute approximate surface area is 89.2 Å². The largest absolute Gasteiger partial charge is 0.490 e. The highest BCUT2D eigenvalue weighted by Gasteiger charge is 2.06. The first-order valence-electron chi connectivity index (χ1n) is 4.62. The van der Waals surface area contributed by atoms with Crippen LogP contribution >= 0.6 is 0 Å². The third kappa shape index (κ3) is 3.15. The van der Waals surface area contributed by atoms with Gasteiger partial charge < -0.3 is 15.2 Å². The fraction of sp³-hybridized carbons (Fsp3) is 0.364. The van der Waals surface area contributed by atoms with E-state index in [9.17, 15) is 0 Å². The zero-order valence-electron chi connectivity index (χ0n) is 8.86. The summed E-state index contributed by atoms with van der Waals surface area (Å²) in [6.45, 7) is 2.30. The van der Waals surface area contributed by atoms with Crippen molar-refractivity contribution in [2.45, 2.75) is 13.0 Å². The molecule has 0 fully saturated rings. The molecule has 80 valence electrons. The lowest BCUT2D eigenvalue weighted by Crippen LogP contribution is -2.16. The summed E-state index contributed by atoms with van der Waals surface area (Å²) in [4.78, 5) is 0. The highest BCUT2D eigenvalue weighted by atomic mass is 16.5. The van der Waals surface area contributed by atoms with Gasteiger partial charge >= 0.3 is 0 Å². The fourth-order valence-electron chi connectivity index (χ4n) is 1.04. The van der Waals surface area contributed by atoms with Gasteiger partial charge in [-0.05, 0) is 25.1 Å². The molecular weight excluding hydrogens is 192 g/mol. The van der Waals surface area contributed by atoms with Crippen molar-refractivity contribution in [1.82, 2.24) is 0 Å². The zero-order chi connectivity index (χ0) is 11.3. The van der Waals surface area contributed by atoms with Gasteiger partial charge in [-0.3, -0.25) is 0 Å². The van der Waals surface area contributed by atoms with Gasteiger partial charge in [0.05, 0.1) is 11.7 Å². The lowest BCUT2D eigenvalue weighted by atomic mass is 10.2. The molecule has 0 aliphatic heterocycles. The molecule has 2 N–H and O–H groups in total. The van der Waals surface area contributed by atoms with Crippen LogP contribution in [0.5, 0.6) is 5.75 Å². The van der Waals surface area contributed by atoms with Gasteiger partial charge in [-0.15, -0.1) is 0 Å². The summed E-state index contributed by atoms with van der Waals surface area (Å²) in [6.07, 6.45) is -0.00547. The normalized spacial score (nSPS) is 11.8. The minimum Gasteiger partial charge on any atom is -0.490 e. The third-order valence-corrected chi connectivity index (χ3v) is 2.00. The Morgan fingerprint density at radius 2 is 2.27 bits per heavy atom. The molecule has 0 aromatic heterocycles. The Kier molecular flexibility index (Phi) is 3.95. The van der Waals surface area contributed by atoms with E-state index >= 15 is 0 Å². The number of ether oxygens (including phenoxy) is 2. The summed E-state index contributed by atoms with van der Waals surface area (Å²) in [5.74, 6) is 0.538. The standard InChI is InChI=1S/C11H14N2O2/c1-8(14-2)7-15-11-4-3-10(13)5-9(11)6-12/h3-5,8H,7,13H2,1-2H3. The fourth-order valence-corrected chi connectivity index (χ4v) is 1.04. The second kappa shape index (κ2) is 5.23. The van der Waals surface area contributed by atoms with Crippen molar-refractivity contribution in [3.63, 3.8) is 0 Å². The Hall–Kier alpha value is -1.73. The zero-order valence-corrected chi connectivity index (χ0v) is 8.86. The van der Waals surface area contributed by atoms with E-state index in [1.54, 1.807) is 25.3 Å². The van der Waals surface area contributed by atoms with Crippen LogP contribution in [0.15, 0.2) is 18.2 Å². The third-order valence-electron chi connectivity index (χ3n) is 2.00. The van der Waals surface area contributed by atoms with E-state index in [4.69, 9.17) is 20.5 Å². The van der Waals surface area contributed by atoms with Crippen molar-refractivity contribution < 1.29 is 9.47 Å². The van der Waals surface area contributed by atoms with E-state index in [0.717, 1.165) is 0 Å². The molecule has 0 aliphatic carbocycles. The number of hydrogen-bond acceptors (Lipinski definition) is 4.